The molecule has 0 fully saturated rings. The molecule has 4 heteroatoms. The topological polar surface area (TPSA) is 54.0 Å². The van der Waals surface area contributed by atoms with Crippen LogP contribution in [0.4, 0.5) is 4.79 Å². The lowest BCUT2D eigenvalue weighted by Crippen LogP contribution is -2.37. The smallest absolute Gasteiger partial charge is 0.315 e. The highest BCUT2D eigenvalue weighted by Gasteiger charge is 2.09. The molecule has 1 aromatic heterocycles. The standard InChI is InChI=1S/C17H21N3O/c1-14(16-11-5-6-12-18-16)20-17(21)19-13-7-10-15-8-3-2-4-9-15/h2-6,8-9,11-12,14H,7,10,13H2,1H3,(H2,19,20,21). The molecule has 0 bridgehead atoms. The maximum atomic E-state index is 11.8. The fourth-order valence-electron chi connectivity index (χ4n) is 2.09. The first kappa shape index (κ1) is 15.0. The Labute approximate surface area is 125 Å². The number of carbonyl (C=O) groups excluding carboxylic acids is 1. The van der Waals surface area contributed by atoms with Gasteiger partial charge in [0.1, 0.15) is 0 Å². The van der Waals surface area contributed by atoms with Crippen LogP contribution in [0.3, 0.4) is 0 Å². The van der Waals surface area contributed by atoms with Crippen molar-refractivity contribution in [1.82, 2.24) is 15.6 Å². The van der Waals surface area contributed by atoms with Crippen LogP contribution < -0.4 is 10.6 Å². The molecule has 1 atom stereocenters. The number of hydrogen-bond donors (Lipinski definition) is 2. The number of hydrogen-bond acceptors (Lipinski definition) is 2. The van der Waals surface area contributed by atoms with Gasteiger partial charge >= 0.3 is 6.03 Å². The minimum absolute atomic E-state index is 0.0969. The number of amides is 2. The number of nitrogens with one attached hydrogen (secondary N) is 2. The Kier molecular flexibility index (Phi) is 5.76. The van der Waals surface area contributed by atoms with Crippen LogP contribution in [0.25, 0.3) is 0 Å². The van der Waals surface area contributed by atoms with Gasteiger partial charge in [-0.05, 0) is 37.5 Å². The fraction of sp³-hybridized carbons (Fsp3) is 0.294. The molecule has 0 saturated carbocycles. The fourth-order valence-corrected chi connectivity index (χ4v) is 2.09. The number of nitrogens with zero attached hydrogens (tertiary/aromatic N) is 1. The lowest BCUT2D eigenvalue weighted by Gasteiger charge is -2.14. The van der Waals surface area contributed by atoms with Crippen molar-refractivity contribution in [3.8, 4) is 0 Å². The predicted octanol–water partition coefficient (Wildman–Crippen LogP) is 3.07. The Balaban J connectivity index is 1.66. The highest BCUT2D eigenvalue weighted by Crippen LogP contribution is 2.07. The van der Waals surface area contributed by atoms with Crippen LogP contribution in [0.1, 0.15) is 30.6 Å². The summed E-state index contributed by atoms with van der Waals surface area (Å²) in [6, 6.07) is 15.7. The molecule has 21 heavy (non-hydrogen) atoms. The van der Waals surface area contributed by atoms with Crippen LogP contribution in [0.5, 0.6) is 0 Å². The number of pyridine rings is 1. The zero-order valence-electron chi connectivity index (χ0n) is 12.3. The first-order chi connectivity index (χ1) is 10.3. The summed E-state index contributed by atoms with van der Waals surface area (Å²) < 4.78 is 0. The molecule has 0 radical (unpaired) electrons. The molecule has 2 N–H and O–H groups in total. The second-order valence-corrected chi connectivity index (χ2v) is 4.97. The van der Waals surface area contributed by atoms with E-state index in [0.29, 0.717) is 6.54 Å². The zero-order valence-corrected chi connectivity index (χ0v) is 12.3. The summed E-state index contributed by atoms with van der Waals surface area (Å²) in [4.78, 5) is 16.0. The quantitative estimate of drug-likeness (QED) is 0.800. The van der Waals surface area contributed by atoms with Gasteiger partial charge < -0.3 is 10.6 Å². The molecule has 0 aliphatic heterocycles. The molecule has 110 valence electrons. The van der Waals surface area contributed by atoms with E-state index >= 15 is 0 Å². The number of urea groups is 1. The Morgan fingerprint density at radius 2 is 1.90 bits per heavy atom. The Morgan fingerprint density at radius 1 is 1.14 bits per heavy atom. The van der Waals surface area contributed by atoms with Gasteiger partial charge in [-0.15, -0.1) is 0 Å². The largest absolute Gasteiger partial charge is 0.338 e. The number of aromatic nitrogens is 1. The average molecular weight is 283 g/mol. The molecule has 0 aliphatic rings. The summed E-state index contributed by atoms with van der Waals surface area (Å²) >= 11 is 0. The summed E-state index contributed by atoms with van der Waals surface area (Å²) in [6.45, 7) is 2.58. The van der Waals surface area contributed by atoms with Crippen molar-refractivity contribution in [2.24, 2.45) is 0 Å². The van der Waals surface area contributed by atoms with Crippen LogP contribution in [0, 0.1) is 0 Å². The van der Waals surface area contributed by atoms with Crippen molar-refractivity contribution in [3.05, 3.63) is 66.0 Å². The molecule has 0 saturated heterocycles. The Hall–Kier alpha value is -2.36. The number of rotatable bonds is 6. The van der Waals surface area contributed by atoms with E-state index in [1.165, 1.54) is 5.56 Å². The molecule has 2 aromatic rings. The van der Waals surface area contributed by atoms with Gasteiger partial charge in [0.05, 0.1) is 11.7 Å². The summed E-state index contributed by atoms with van der Waals surface area (Å²) in [5.74, 6) is 0. The SMILES string of the molecule is CC(NC(=O)NCCCc1ccccc1)c1ccccn1. The van der Waals surface area contributed by atoms with Gasteiger partial charge in [-0.25, -0.2) is 4.79 Å². The minimum atomic E-state index is -0.152. The molecule has 2 rings (SSSR count). The van der Waals surface area contributed by atoms with Crippen molar-refractivity contribution >= 4 is 6.03 Å². The third-order valence-electron chi connectivity index (χ3n) is 3.25. The summed E-state index contributed by atoms with van der Waals surface area (Å²) in [5, 5.41) is 5.76. The summed E-state index contributed by atoms with van der Waals surface area (Å²) in [5.41, 5.74) is 2.15. The van der Waals surface area contributed by atoms with Gasteiger partial charge in [0.25, 0.3) is 0 Å². The summed E-state index contributed by atoms with van der Waals surface area (Å²) in [6.07, 6.45) is 3.62. The molecule has 4 nitrogen and oxygen atoms in total. The van der Waals surface area contributed by atoms with Crippen molar-refractivity contribution < 1.29 is 4.79 Å². The highest BCUT2D eigenvalue weighted by atomic mass is 16.2. The second-order valence-electron chi connectivity index (χ2n) is 4.97. The van der Waals surface area contributed by atoms with Gasteiger partial charge in [-0.2, -0.15) is 0 Å². The number of aryl methyl sites for hydroxylation is 1. The third-order valence-corrected chi connectivity index (χ3v) is 3.25. The first-order valence-electron chi connectivity index (χ1n) is 7.25. The van der Waals surface area contributed by atoms with E-state index in [1.807, 2.05) is 43.3 Å². The van der Waals surface area contributed by atoms with Crippen LogP contribution in [0.2, 0.25) is 0 Å². The van der Waals surface area contributed by atoms with Crippen LogP contribution >= 0.6 is 0 Å². The molecule has 1 unspecified atom stereocenters. The Morgan fingerprint density at radius 3 is 2.62 bits per heavy atom. The molecule has 0 aliphatic carbocycles. The van der Waals surface area contributed by atoms with E-state index in [0.717, 1.165) is 18.5 Å². The van der Waals surface area contributed by atoms with Crippen LogP contribution in [-0.2, 0) is 6.42 Å². The molecule has 2 amide bonds. The minimum Gasteiger partial charge on any atom is -0.338 e. The highest BCUT2D eigenvalue weighted by molar-refractivity contribution is 5.74. The maximum absolute atomic E-state index is 11.8. The van der Waals surface area contributed by atoms with E-state index in [1.54, 1.807) is 6.20 Å². The van der Waals surface area contributed by atoms with Gasteiger partial charge in [0.15, 0.2) is 0 Å². The predicted molar refractivity (Wildman–Crippen MR) is 83.9 cm³/mol. The maximum Gasteiger partial charge on any atom is 0.315 e. The van der Waals surface area contributed by atoms with Gasteiger partial charge in [0.2, 0.25) is 0 Å². The van der Waals surface area contributed by atoms with Gasteiger partial charge in [-0.3, -0.25) is 4.98 Å². The number of benzene rings is 1. The van der Waals surface area contributed by atoms with Crippen LogP contribution in [-0.4, -0.2) is 17.6 Å². The van der Waals surface area contributed by atoms with Crippen LogP contribution in [0.15, 0.2) is 54.7 Å². The lowest BCUT2D eigenvalue weighted by molar-refractivity contribution is 0.237. The van der Waals surface area contributed by atoms with Gasteiger partial charge in [-0.1, -0.05) is 36.4 Å². The molecular formula is C17H21N3O. The number of carbonyl (C=O) groups is 1. The van der Waals surface area contributed by atoms with Crippen molar-refractivity contribution in [2.45, 2.75) is 25.8 Å². The first-order valence-corrected chi connectivity index (χ1v) is 7.25. The second kappa shape index (κ2) is 8.04. The average Bonchev–Trinajstić information content (AvgIpc) is 2.53. The molecule has 0 spiro atoms. The van der Waals surface area contributed by atoms with Crippen molar-refractivity contribution in [3.63, 3.8) is 0 Å². The Bertz CT molecular complexity index is 542. The lowest BCUT2D eigenvalue weighted by atomic mass is 10.1. The van der Waals surface area contributed by atoms with Crippen molar-refractivity contribution in [1.29, 1.82) is 0 Å². The van der Waals surface area contributed by atoms with E-state index in [9.17, 15) is 4.79 Å². The molecule has 1 heterocycles. The van der Waals surface area contributed by atoms with E-state index in [-0.39, 0.29) is 12.1 Å². The van der Waals surface area contributed by atoms with E-state index < -0.39 is 0 Å². The zero-order chi connectivity index (χ0) is 14.9. The monoisotopic (exact) mass is 283 g/mol. The van der Waals surface area contributed by atoms with Gasteiger partial charge in [0, 0.05) is 12.7 Å². The van der Waals surface area contributed by atoms with Crippen molar-refractivity contribution in [2.75, 3.05) is 6.54 Å². The normalized spacial score (nSPS) is 11.7. The van der Waals surface area contributed by atoms with E-state index in [4.69, 9.17) is 0 Å². The van der Waals surface area contributed by atoms with E-state index in [2.05, 4.69) is 27.8 Å². The third kappa shape index (κ3) is 5.26. The molecular weight excluding hydrogens is 262 g/mol. The molecule has 1 aromatic carbocycles. The summed E-state index contributed by atoms with van der Waals surface area (Å²) in [7, 11) is 0.